The molecule has 2 aromatic carbocycles. The maximum Gasteiger partial charge on any atom is 0.266 e. The van der Waals surface area contributed by atoms with Gasteiger partial charge in [0.05, 0.1) is 5.70 Å². The zero-order chi connectivity index (χ0) is 35.8. The second-order valence-electron chi connectivity index (χ2n) is 9.39. The number of allylic oxidation sites excluding steroid dienone is 8. The lowest BCUT2D eigenvalue weighted by Crippen LogP contribution is -2.32. The van der Waals surface area contributed by atoms with E-state index in [-0.39, 0.29) is 11.8 Å². The Bertz CT molecular complexity index is 1300. The highest BCUT2D eigenvalue weighted by molar-refractivity contribution is 5.92. The fourth-order valence-electron chi connectivity index (χ4n) is 4.02. The zero-order valence-electron chi connectivity index (χ0n) is 30.0. The molecule has 0 aromatic heterocycles. The van der Waals surface area contributed by atoms with Crippen molar-refractivity contribution in [2.45, 2.75) is 74.7 Å². The quantitative estimate of drug-likeness (QED) is 0.0893. The van der Waals surface area contributed by atoms with Crippen LogP contribution in [-0.2, 0) is 9.59 Å². The van der Waals surface area contributed by atoms with Gasteiger partial charge in [-0.2, -0.15) is 0 Å². The summed E-state index contributed by atoms with van der Waals surface area (Å²) in [6.45, 7) is 29.9. The lowest BCUT2D eigenvalue weighted by molar-refractivity contribution is -0.117. The Morgan fingerprint density at radius 1 is 0.913 bits per heavy atom. The molecule has 0 spiro atoms. The van der Waals surface area contributed by atoms with E-state index in [0.717, 1.165) is 11.9 Å². The van der Waals surface area contributed by atoms with Gasteiger partial charge in [0, 0.05) is 19.0 Å². The predicted octanol–water partition coefficient (Wildman–Crippen LogP) is 10.0. The topological polar surface area (TPSA) is 84.2 Å². The molecule has 0 saturated heterocycles. The van der Waals surface area contributed by atoms with Crippen LogP contribution in [0.2, 0.25) is 0 Å². The summed E-state index contributed by atoms with van der Waals surface area (Å²) in [6, 6.07) is 14.9. The summed E-state index contributed by atoms with van der Waals surface area (Å²) >= 11 is 0. The van der Waals surface area contributed by atoms with Crippen molar-refractivity contribution in [1.29, 1.82) is 0 Å². The highest BCUT2D eigenvalue weighted by atomic mass is 16.2. The first-order valence-electron chi connectivity index (χ1n) is 16.1. The van der Waals surface area contributed by atoms with Crippen LogP contribution >= 0.6 is 0 Å². The van der Waals surface area contributed by atoms with Crippen molar-refractivity contribution < 1.29 is 9.59 Å². The van der Waals surface area contributed by atoms with E-state index >= 15 is 0 Å². The number of hydrogen-bond acceptors (Lipinski definition) is 4. The molecule has 0 bridgehead atoms. The largest absolute Gasteiger partial charge is 0.405 e. The van der Waals surface area contributed by atoms with Crippen LogP contribution in [0, 0.1) is 0 Å². The minimum atomic E-state index is -0.237. The molecular formula is C41H61N3O2. The molecule has 0 aliphatic carbocycles. The van der Waals surface area contributed by atoms with Crippen LogP contribution < -0.4 is 16.4 Å². The Morgan fingerprint density at radius 2 is 1.52 bits per heavy atom. The van der Waals surface area contributed by atoms with Gasteiger partial charge in [0.15, 0.2) is 0 Å². The molecule has 5 nitrogen and oxygen atoms in total. The first kappa shape index (κ1) is 45.8. The van der Waals surface area contributed by atoms with Gasteiger partial charge in [0.2, 0.25) is 0 Å². The lowest BCUT2D eigenvalue weighted by Gasteiger charge is -2.22. The normalized spacial score (nSPS) is 11.1. The molecule has 0 aliphatic heterocycles. The van der Waals surface area contributed by atoms with Gasteiger partial charge in [-0.3, -0.25) is 9.59 Å². The second-order valence-corrected chi connectivity index (χ2v) is 9.39. The van der Waals surface area contributed by atoms with Gasteiger partial charge in [0.1, 0.15) is 6.29 Å². The molecule has 0 heterocycles. The summed E-state index contributed by atoms with van der Waals surface area (Å²) < 4.78 is 0. The summed E-state index contributed by atoms with van der Waals surface area (Å²) in [5.41, 5.74) is 9.88. The van der Waals surface area contributed by atoms with E-state index in [0.29, 0.717) is 25.2 Å². The van der Waals surface area contributed by atoms with E-state index in [1.54, 1.807) is 12.2 Å². The van der Waals surface area contributed by atoms with E-state index in [1.807, 2.05) is 52.8 Å². The van der Waals surface area contributed by atoms with Crippen LogP contribution in [0.5, 0.6) is 0 Å². The summed E-state index contributed by atoms with van der Waals surface area (Å²) in [6.07, 6.45) is 17.6. The zero-order valence-corrected chi connectivity index (χ0v) is 30.0. The smallest absolute Gasteiger partial charge is 0.266 e. The molecule has 2 aromatic rings. The maximum absolute atomic E-state index is 12.2. The van der Waals surface area contributed by atoms with Crippen molar-refractivity contribution in [3.63, 3.8) is 0 Å². The van der Waals surface area contributed by atoms with E-state index < -0.39 is 0 Å². The average Bonchev–Trinajstić information content (AvgIpc) is 3.08. The van der Waals surface area contributed by atoms with Crippen molar-refractivity contribution in [2.75, 3.05) is 13.1 Å². The van der Waals surface area contributed by atoms with Crippen LogP contribution in [0.15, 0.2) is 139 Å². The van der Waals surface area contributed by atoms with Gasteiger partial charge in [-0.1, -0.05) is 145 Å². The third-order valence-electron chi connectivity index (χ3n) is 6.04. The predicted molar refractivity (Wildman–Crippen MR) is 206 cm³/mol. The van der Waals surface area contributed by atoms with Gasteiger partial charge in [-0.15, -0.1) is 0 Å². The van der Waals surface area contributed by atoms with Crippen molar-refractivity contribution in [1.82, 2.24) is 10.6 Å². The molecule has 5 heteroatoms. The van der Waals surface area contributed by atoms with E-state index in [1.165, 1.54) is 39.8 Å². The average molecular weight is 628 g/mol. The Balaban J connectivity index is -0.00000104. The molecule has 46 heavy (non-hydrogen) atoms. The number of fused-ring (bicyclic) bond motifs is 1. The molecule has 2 rings (SSSR count). The third-order valence-corrected chi connectivity index (χ3v) is 6.04. The number of nitrogens with one attached hydrogen (secondary N) is 2. The molecule has 1 atom stereocenters. The fraction of sp³-hybridized carbons (Fsp3) is 0.317. The summed E-state index contributed by atoms with van der Waals surface area (Å²) in [7, 11) is 0. The first-order chi connectivity index (χ1) is 22.2. The first-order valence-corrected chi connectivity index (χ1v) is 16.1. The van der Waals surface area contributed by atoms with Crippen LogP contribution in [0.25, 0.3) is 10.8 Å². The summed E-state index contributed by atoms with van der Waals surface area (Å²) in [5.74, 6) is -0.0325. The number of rotatable bonds is 13. The summed E-state index contributed by atoms with van der Waals surface area (Å²) in [4.78, 5) is 22.5. The van der Waals surface area contributed by atoms with E-state index in [4.69, 9.17) is 0 Å². The number of amides is 1. The molecule has 1 unspecified atom stereocenters. The van der Waals surface area contributed by atoms with Gasteiger partial charge in [0.25, 0.3) is 5.91 Å². The third kappa shape index (κ3) is 20.3. The minimum Gasteiger partial charge on any atom is -0.405 e. The number of hydrogen-bond donors (Lipinski definition) is 3. The Morgan fingerprint density at radius 3 is 2.07 bits per heavy atom. The molecule has 1 amide bonds. The Labute approximate surface area is 281 Å². The van der Waals surface area contributed by atoms with Crippen molar-refractivity contribution >= 4 is 23.0 Å². The standard InChI is InChI=1S/C27H32N2O2.C8H12.C2H5N.2C2H6/c1-5-22(19-29-21(4)27(31)28-17-10-7-11-18-30)24(6-2)20(3)25-16-12-14-23-13-8-9-15-26(23)25;1-4-5-6-7-8(2)3;1-2-3;2*1-2/h5-9,11-16,18,20,29H,4,10,17,19H2,1-3H3,(H,28,31);4-7H,1H2,2-3H3;2H,1,3H2;2*1-2H3/b11-7+,22-5-,24-6-;6-5-;;;. The fourth-order valence-corrected chi connectivity index (χ4v) is 4.02. The lowest BCUT2D eigenvalue weighted by atomic mass is 9.85. The SMILES string of the molecule is C=C(NCC(=C/C)/C(=C\C)C(C)c1cccc2ccccc12)C(=O)NCC/C=C/C=O.C=C/C=C\C=C(C)C.C=CN.CC.CC. The highest BCUT2D eigenvalue weighted by Crippen LogP contribution is 2.33. The van der Waals surface area contributed by atoms with Gasteiger partial charge >= 0.3 is 0 Å². The molecule has 0 radical (unpaired) electrons. The van der Waals surface area contributed by atoms with Gasteiger partial charge in [-0.05, 0) is 73.9 Å². The van der Waals surface area contributed by atoms with Crippen molar-refractivity contribution in [3.05, 3.63) is 145 Å². The number of benzene rings is 2. The van der Waals surface area contributed by atoms with Crippen LogP contribution in [-0.4, -0.2) is 25.3 Å². The molecule has 0 saturated carbocycles. The van der Waals surface area contributed by atoms with Crippen molar-refractivity contribution in [2.24, 2.45) is 5.73 Å². The number of aldehydes is 1. The Hall–Kier alpha value is -4.64. The number of nitrogens with two attached hydrogens (primary N) is 1. The number of carbonyl (C=O) groups excluding carboxylic acids is 2. The maximum atomic E-state index is 12.2. The van der Waals surface area contributed by atoms with Gasteiger partial charge in [-0.25, -0.2) is 0 Å². The monoisotopic (exact) mass is 627 g/mol. The van der Waals surface area contributed by atoms with Gasteiger partial charge < -0.3 is 16.4 Å². The minimum absolute atomic E-state index is 0.204. The highest BCUT2D eigenvalue weighted by Gasteiger charge is 2.17. The molecular weight excluding hydrogens is 566 g/mol. The van der Waals surface area contributed by atoms with Crippen LogP contribution in [0.4, 0.5) is 0 Å². The second kappa shape index (κ2) is 31.8. The molecule has 0 fully saturated rings. The van der Waals surface area contributed by atoms with E-state index in [2.05, 4.69) is 118 Å². The molecule has 4 N–H and O–H groups in total. The molecule has 0 aliphatic rings. The van der Waals surface area contributed by atoms with E-state index in [9.17, 15) is 9.59 Å². The van der Waals surface area contributed by atoms with Crippen molar-refractivity contribution in [3.8, 4) is 0 Å². The van der Waals surface area contributed by atoms with Crippen LogP contribution in [0.3, 0.4) is 0 Å². The van der Waals surface area contributed by atoms with Crippen LogP contribution in [0.1, 0.15) is 80.2 Å². The number of carbonyl (C=O) groups is 2. The molecule has 252 valence electrons. The summed E-state index contributed by atoms with van der Waals surface area (Å²) in [5, 5.41) is 8.44. The Kier molecular flexibility index (Phi) is 31.6.